The van der Waals surface area contributed by atoms with Crippen molar-refractivity contribution in [2.75, 3.05) is 0 Å². The van der Waals surface area contributed by atoms with Crippen molar-refractivity contribution in [3.8, 4) is 0 Å². The molecule has 1 rings (SSSR count). The van der Waals surface area contributed by atoms with E-state index in [4.69, 9.17) is 4.74 Å². The lowest BCUT2D eigenvalue weighted by molar-refractivity contribution is -0.152. The van der Waals surface area contributed by atoms with Crippen molar-refractivity contribution in [1.29, 1.82) is 0 Å². The van der Waals surface area contributed by atoms with Crippen molar-refractivity contribution in [3.05, 3.63) is 0 Å². The summed E-state index contributed by atoms with van der Waals surface area (Å²) in [5.74, 6) is -1.41. The van der Waals surface area contributed by atoms with E-state index >= 15 is 0 Å². The van der Waals surface area contributed by atoms with Gasteiger partial charge in [-0.2, -0.15) is 8.42 Å². The summed E-state index contributed by atoms with van der Waals surface area (Å²) in [7, 11) is -3.19. The fourth-order valence-corrected chi connectivity index (χ4v) is 2.02. The highest BCUT2D eigenvalue weighted by Crippen LogP contribution is 2.20. The van der Waals surface area contributed by atoms with E-state index in [0.29, 0.717) is 0 Å². The second-order valence-electron chi connectivity index (χ2n) is 3.94. The molecule has 0 N–H and O–H groups in total. The number of hydrogen-bond donors (Lipinski definition) is 1. The van der Waals surface area contributed by atoms with Gasteiger partial charge < -0.3 is 8.92 Å². The molecule has 1 fully saturated rings. The number of rotatable bonds is 5. The number of carbonyl (C=O) groups excluding carboxylic acids is 2. The first-order chi connectivity index (χ1) is 8.08. The number of thiol groups is 1. The summed E-state index contributed by atoms with van der Waals surface area (Å²) in [6, 6.07) is 0. The Morgan fingerprint density at radius 3 is 2.18 bits per heavy atom. The highest BCUT2D eigenvalue weighted by molar-refractivity contribution is 7.67. The van der Waals surface area contributed by atoms with Crippen LogP contribution in [0.15, 0.2) is 0 Å². The third-order valence-electron chi connectivity index (χ3n) is 2.56. The fraction of sp³-hybridized carbons (Fsp3) is 0.800. The van der Waals surface area contributed by atoms with Crippen LogP contribution < -0.4 is 0 Å². The Hall–Kier alpha value is -1.11. The first-order valence-corrected chi connectivity index (χ1v) is 6.72. The molecule has 0 unspecified atom stereocenters. The summed E-state index contributed by atoms with van der Waals surface area (Å²) < 4.78 is 29.1. The number of carbonyl (C=O) groups is 2. The summed E-state index contributed by atoms with van der Waals surface area (Å²) >= 11 is 0. The minimum atomic E-state index is -3.19. The molecule has 1 saturated carbocycles. The highest BCUT2D eigenvalue weighted by atomic mass is 32.2. The van der Waals surface area contributed by atoms with Gasteiger partial charge in [0.05, 0.1) is 12.8 Å². The maximum absolute atomic E-state index is 11.3. The van der Waals surface area contributed by atoms with Crippen LogP contribution in [-0.2, 0) is 29.5 Å². The van der Waals surface area contributed by atoms with Gasteiger partial charge in [0.25, 0.3) is 0 Å². The zero-order valence-corrected chi connectivity index (χ0v) is 10.3. The Labute approximate surface area is 101 Å². The lowest BCUT2D eigenvalue weighted by Crippen LogP contribution is -2.21. The van der Waals surface area contributed by atoms with Crippen LogP contribution in [0.2, 0.25) is 0 Å². The Morgan fingerprint density at radius 2 is 1.59 bits per heavy atom. The summed E-state index contributed by atoms with van der Waals surface area (Å²) in [4.78, 5) is 22.2. The first kappa shape index (κ1) is 14.0. The number of hydrogen-bond acceptors (Lipinski definition) is 6. The van der Waals surface area contributed by atoms with E-state index in [1.54, 1.807) is 0 Å². The lowest BCUT2D eigenvalue weighted by atomic mass is 9.98. The molecule has 0 aromatic carbocycles. The fourth-order valence-electron chi connectivity index (χ4n) is 1.76. The highest BCUT2D eigenvalue weighted by Gasteiger charge is 2.18. The molecule has 0 atom stereocenters. The van der Waals surface area contributed by atoms with E-state index in [0.717, 1.165) is 32.1 Å². The van der Waals surface area contributed by atoms with E-state index in [9.17, 15) is 18.0 Å². The van der Waals surface area contributed by atoms with Gasteiger partial charge in [-0.15, -0.1) is 0 Å². The van der Waals surface area contributed by atoms with Gasteiger partial charge in [-0.25, -0.2) is 0 Å². The molecule has 0 aromatic rings. The van der Waals surface area contributed by atoms with Crippen molar-refractivity contribution >= 4 is 22.9 Å². The van der Waals surface area contributed by atoms with E-state index in [2.05, 4.69) is 4.18 Å². The second kappa shape index (κ2) is 7.26. The second-order valence-corrected chi connectivity index (χ2v) is 4.57. The molecule has 1 aliphatic carbocycles. The van der Waals surface area contributed by atoms with Crippen LogP contribution in [-0.4, -0.2) is 26.5 Å². The van der Waals surface area contributed by atoms with Crippen LogP contribution in [0.5, 0.6) is 0 Å². The largest absolute Gasteiger partial charge is 0.462 e. The van der Waals surface area contributed by atoms with Crippen molar-refractivity contribution in [2.24, 2.45) is 0 Å². The Morgan fingerprint density at radius 1 is 1.00 bits per heavy atom. The maximum Gasteiger partial charge on any atom is 0.322 e. The Bertz CT molecular complexity index is 335. The summed E-state index contributed by atoms with van der Waals surface area (Å²) in [6.45, 7) is 0. The molecule has 0 aromatic heterocycles. The standard InChI is InChI=1S/C10H16O6S/c11-9(6-7-10(12)16-17(13)14)15-8-4-2-1-3-5-8/h8,17H,1-7H2. The minimum Gasteiger partial charge on any atom is -0.462 e. The maximum atomic E-state index is 11.3. The average molecular weight is 264 g/mol. The molecule has 98 valence electrons. The third-order valence-corrected chi connectivity index (χ3v) is 2.91. The van der Waals surface area contributed by atoms with Crippen LogP contribution in [0, 0.1) is 0 Å². The first-order valence-electron chi connectivity index (χ1n) is 5.62. The van der Waals surface area contributed by atoms with Crippen LogP contribution in [0.25, 0.3) is 0 Å². The molecule has 6 nitrogen and oxygen atoms in total. The Balaban J connectivity index is 2.18. The molecule has 0 heterocycles. The molecule has 0 aliphatic heterocycles. The van der Waals surface area contributed by atoms with Crippen molar-refractivity contribution in [3.63, 3.8) is 0 Å². The predicted octanol–water partition coefficient (Wildman–Crippen LogP) is 0.712. The Kier molecular flexibility index (Phi) is 5.96. The summed E-state index contributed by atoms with van der Waals surface area (Å²) in [6.07, 6.45) is 4.53. The van der Waals surface area contributed by atoms with E-state index < -0.39 is 22.9 Å². The average Bonchev–Trinajstić information content (AvgIpc) is 2.27. The molecule has 1 aliphatic rings. The molecule has 17 heavy (non-hydrogen) atoms. The molecular formula is C10H16O6S. The van der Waals surface area contributed by atoms with Gasteiger partial charge in [-0.1, -0.05) is 6.42 Å². The number of ether oxygens (including phenoxy) is 1. The normalized spacial score (nSPS) is 16.8. The van der Waals surface area contributed by atoms with Crippen molar-refractivity contribution in [2.45, 2.75) is 51.0 Å². The van der Waals surface area contributed by atoms with E-state index in [1.807, 2.05) is 0 Å². The van der Waals surface area contributed by atoms with Gasteiger partial charge in [0.2, 0.25) is 0 Å². The molecule has 0 radical (unpaired) electrons. The van der Waals surface area contributed by atoms with Gasteiger partial charge in [0.1, 0.15) is 6.10 Å². The number of esters is 1. The zero-order chi connectivity index (χ0) is 12.7. The topological polar surface area (TPSA) is 86.7 Å². The van der Waals surface area contributed by atoms with Gasteiger partial charge in [-0.05, 0) is 25.7 Å². The van der Waals surface area contributed by atoms with Gasteiger partial charge >= 0.3 is 22.9 Å². The summed E-state index contributed by atoms with van der Waals surface area (Å²) in [5.41, 5.74) is 0. The molecule has 7 heteroatoms. The van der Waals surface area contributed by atoms with Gasteiger partial charge in [-0.3, -0.25) is 9.59 Å². The van der Waals surface area contributed by atoms with Gasteiger partial charge in [0.15, 0.2) is 0 Å². The van der Waals surface area contributed by atoms with Crippen LogP contribution in [0.4, 0.5) is 0 Å². The molecular weight excluding hydrogens is 248 g/mol. The monoisotopic (exact) mass is 264 g/mol. The minimum absolute atomic E-state index is 0.0524. The smallest absolute Gasteiger partial charge is 0.322 e. The van der Waals surface area contributed by atoms with Crippen LogP contribution in [0.1, 0.15) is 44.9 Å². The van der Waals surface area contributed by atoms with E-state index in [-0.39, 0.29) is 18.9 Å². The molecule has 0 bridgehead atoms. The van der Waals surface area contributed by atoms with Gasteiger partial charge in [0, 0.05) is 0 Å². The lowest BCUT2D eigenvalue weighted by Gasteiger charge is -2.21. The summed E-state index contributed by atoms with van der Waals surface area (Å²) in [5, 5.41) is 0. The van der Waals surface area contributed by atoms with Crippen LogP contribution in [0.3, 0.4) is 0 Å². The van der Waals surface area contributed by atoms with Crippen molar-refractivity contribution < 1.29 is 26.9 Å². The predicted molar refractivity (Wildman–Crippen MR) is 58.6 cm³/mol. The molecule has 0 spiro atoms. The third kappa shape index (κ3) is 6.25. The van der Waals surface area contributed by atoms with Crippen molar-refractivity contribution in [1.82, 2.24) is 0 Å². The van der Waals surface area contributed by atoms with E-state index in [1.165, 1.54) is 0 Å². The zero-order valence-electron chi connectivity index (χ0n) is 9.42. The molecule has 0 amide bonds. The SMILES string of the molecule is O=C(CCC(=O)O[SH](=O)=O)OC1CCCCC1. The molecule has 0 saturated heterocycles. The van der Waals surface area contributed by atoms with Crippen LogP contribution >= 0.6 is 0 Å². The quantitative estimate of drug-likeness (QED) is 0.581.